The molecule has 0 aromatic heterocycles. The molecule has 0 saturated carbocycles. The summed E-state index contributed by atoms with van der Waals surface area (Å²) in [5.74, 6) is -1.54. The van der Waals surface area contributed by atoms with Crippen LogP contribution >= 0.6 is 0 Å². The molecular formula is C18H27NO4. The number of nitrogens with two attached hydrogens (primary N) is 1. The van der Waals surface area contributed by atoms with E-state index in [0.717, 1.165) is 37.7 Å². The lowest BCUT2D eigenvalue weighted by Crippen LogP contribution is -2.45. The van der Waals surface area contributed by atoms with Crippen LogP contribution in [0.2, 0.25) is 0 Å². The molecule has 0 aliphatic heterocycles. The van der Waals surface area contributed by atoms with Crippen LogP contribution in [-0.2, 0) is 20.7 Å². The van der Waals surface area contributed by atoms with Gasteiger partial charge in [-0.3, -0.25) is 9.59 Å². The van der Waals surface area contributed by atoms with E-state index < -0.39 is 18.1 Å². The fourth-order valence-electron chi connectivity index (χ4n) is 2.35. The maximum atomic E-state index is 11.9. The van der Waals surface area contributed by atoms with Crippen LogP contribution in [-0.4, -0.2) is 29.2 Å². The Labute approximate surface area is 137 Å². The number of hydrogen-bond donors (Lipinski definition) is 2. The van der Waals surface area contributed by atoms with Gasteiger partial charge in [-0.25, -0.2) is 0 Å². The van der Waals surface area contributed by atoms with Crippen LogP contribution in [0.5, 0.6) is 0 Å². The minimum atomic E-state index is -1.22. The Morgan fingerprint density at radius 1 is 1.13 bits per heavy atom. The molecule has 23 heavy (non-hydrogen) atoms. The van der Waals surface area contributed by atoms with Crippen LogP contribution in [0, 0.1) is 0 Å². The van der Waals surface area contributed by atoms with E-state index in [-0.39, 0.29) is 5.97 Å². The minimum absolute atomic E-state index is 0.301. The average Bonchev–Trinajstić information content (AvgIpc) is 2.54. The molecule has 0 aliphatic carbocycles. The van der Waals surface area contributed by atoms with Crippen LogP contribution in [0.15, 0.2) is 30.3 Å². The SMILES string of the molecule is CCCCCCCC(=O)OC(Cc1ccccc1)C(N)C(=O)O. The molecule has 0 saturated heterocycles. The number of carboxylic acid groups (broad SMARTS) is 1. The molecule has 0 heterocycles. The van der Waals surface area contributed by atoms with Gasteiger partial charge in [-0.15, -0.1) is 0 Å². The summed E-state index contributed by atoms with van der Waals surface area (Å²) in [4.78, 5) is 23.1. The molecule has 5 heteroatoms. The number of carboxylic acids is 1. The van der Waals surface area contributed by atoms with Crippen molar-refractivity contribution in [1.82, 2.24) is 0 Å². The Morgan fingerprint density at radius 3 is 2.39 bits per heavy atom. The average molecular weight is 321 g/mol. The predicted molar refractivity (Wildman–Crippen MR) is 89.0 cm³/mol. The first kappa shape index (κ1) is 19.2. The highest BCUT2D eigenvalue weighted by Crippen LogP contribution is 2.12. The number of ether oxygens (including phenoxy) is 1. The summed E-state index contributed by atoms with van der Waals surface area (Å²) >= 11 is 0. The van der Waals surface area contributed by atoms with E-state index in [1.807, 2.05) is 30.3 Å². The van der Waals surface area contributed by atoms with Gasteiger partial charge in [0.1, 0.15) is 12.1 Å². The first-order valence-electron chi connectivity index (χ1n) is 8.26. The van der Waals surface area contributed by atoms with Gasteiger partial charge in [-0.1, -0.05) is 62.9 Å². The molecule has 2 unspecified atom stereocenters. The third-order valence-electron chi connectivity index (χ3n) is 3.73. The van der Waals surface area contributed by atoms with Crippen LogP contribution < -0.4 is 5.73 Å². The summed E-state index contributed by atoms with van der Waals surface area (Å²) in [5, 5.41) is 9.10. The highest BCUT2D eigenvalue weighted by atomic mass is 16.5. The summed E-state index contributed by atoms with van der Waals surface area (Å²) in [6.07, 6.45) is 4.92. The Hall–Kier alpha value is -1.88. The molecule has 0 spiro atoms. The molecule has 1 aromatic rings. The number of rotatable bonds is 11. The maximum Gasteiger partial charge on any atom is 0.324 e. The zero-order valence-corrected chi connectivity index (χ0v) is 13.7. The van der Waals surface area contributed by atoms with Crippen molar-refractivity contribution in [1.29, 1.82) is 0 Å². The van der Waals surface area contributed by atoms with Crippen molar-refractivity contribution in [2.45, 2.75) is 64.0 Å². The molecule has 1 rings (SSSR count). The molecule has 128 valence electrons. The van der Waals surface area contributed by atoms with Gasteiger partial charge in [0.25, 0.3) is 0 Å². The van der Waals surface area contributed by atoms with E-state index in [9.17, 15) is 9.59 Å². The lowest BCUT2D eigenvalue weighted by atomic mass is 10.0. The molecular weight excluding hydrogens is 294 g/mol. The third kappa shape index (κ3) is 7.79. The summed E-state index contributed by atoms with van der Waals surface area (Å²) < 4.78 is 5.34. The molecule has 5 nitrogen and oxygen atoms in total. The van der Waals surface area contributed by atoms with Crippen molar-refractivity contribution in [3.05, 3.63) is 35.9 Å². The highest BCUT2D eigenvalue weighted by Gasteiger charge is 2.28. The zero-order chi connectivity index (χ0) is 17.1. The van der Waals surface area contributed by atoms with Crippen LogP contribution in [0.25, 0.3) is 0 Å². The monoisotopic (exact) mass is 321 g/mol. The first-order chi connectivity index (χ1) is 11.0. The second-order valence-corrected chi connectivity index (χ2v) is 5.75. The van der Waals surface area contributed by atoms with Gasteiger partial charge in [-0.05, 0) is 12.0 Å². The summed E-state index contributed by atoms with van der Waals surface area (Å²) in [5.41, 5.74) is 6.57. The fourth-order valence-corrected chi connectivity index (χ4v) is 2.35. The van der Waals surface area contributed by atoms with Gasteiger partial charge in [0, 0.05) is 12.8 Å². The van der Waals surface area contributed by atoms with Crippen molar-refractivity contribution in [3.63, 3.8) is 0 Å². The fraction of sp³-hybridized carbons (Fsp3) is 0.556. The summed E-state index contributed by atoms with van der Waals surface area (Å²) in [7, 11) is 0. The number of benzene rings is 1. The standard InChI is InChI=1S/C18H27NO4/c1-2-3-4-5-9-12-16(20)23-15(17(19)18(21)22)13-14-10-7-6-8-11-14/h6-8,10-11,15,17H,2-5,9,12-13,19H2,1H3,(H,21,22). The Balaban J connectivity index is 2.52. The van der Waals surface area contributed by atoms with E-state index in [2.05, 4.69) is 6.92 Å². The molecule has 0 aliphatic rings. The third-order valence-corrected chi connectivity index (χ3v) is 3.73. The van der Waals surface area contributed by atoms with Gasteiger partial charge in [-0.2, -0.15) is 0 Å². The molecule has 0 radical (unpaired) electrons. The molecule has 0 bridgehead atoms. The second kappa shape index (κ2) is 10.8. The molecule has 2 atom stereocenters. The predicted octanol–water partition coefficient (Wildman–Crippen LogP) is 2.91. The normalized spacial score (nSPS) is 13.3. The molecule has 0 fully saturated rings. The van der Waals surface area contributed by atoms with Gasteiger partial charge >= 0.3 is 11.9 Å². The van der Waals surface area contributed by atoms with Crippen molar-refractivity contribution in [3.8, 4) is 0 Å². The van der Waals surface area contributed by atoms with E-state index in [1.165, 1.54) is 0 Å². The second-order valence-electron chi connectivity index (χ2n) is 5.75. The van der Waals surface area contributed by atoms with Crippen molar-refractivity contribution in [2.75, 3.05) is 0 Å². The van der Waals surface area contributed by atoms with Crippen molar-refractivity contribution >= 4 is 11.9 Å². The number of carbonyl (C=O) groups excluding carboxylic acids is 1. The highest BCUT2D eigenvalue weighted by molar-refractivity contribution is 5.75. The van der Waals surface area contributed by atoms with Gasteiger partial charge in [0.15, 0.2) is 0 Å². The summed E-state index contributed by atoms with van der Waals surface area (Å²) in [6.45, 7) is 2.13. The van der Waals surface area contributed by atoms with E-state index in [4.69, 9.17) is 15.6 Å². The topological polar surface area (TPSA) is 89.6 Å². The number of hydrogen-bond acceptors (Lipinski definition) is 4. The van der Waals surface area contributed by atoms with E-state index in [1.54, 1.807) is 0 Å². The van der Waals surface area contributed by atoms with Crippen LogP contribution in [0.3, 0.4) is 0 Å². The Bertz CT molecular complexity index is 475. The summed E-state index contributed by atoms with van der Waals surface area (Å²) in [6, 6.07) is 8.08. The Kier molecular flexibility index (Phi) is 8.98. The Morgan fingerprint density at radius 2 is 1.78 bits per heavy atom. The van der Waals surface area contributed by atoms with Gasteiger partial charge in [0.05, 0.1) is 0 Å². The van der Waals surface area contributed by atoms with E-state index >= 15 is 0 Å². The lowest BCUT2D eigenvalue weighted by molar-refractivity contribution is -0.154. The number of aliphatic carboxylic acids is 1. The number of carbonyl (C=O) groups is 2. The van der Waals surface area contributed by atoms with Gasteiger partial charge < -0.3 is 15.6 Å². The van der Waals surface area contributed by atoms with Crippen molar-refractivity contribution in [2.24, 2.45) is 5.73 Å². The molecule has 1 aromatic carbocycles. The van der Waals surface area contributed by atoms with Gasteiger partial charge in [0.2, 0.25) is 0 Å². The quantitative estimate of drug-likeness (QED) is 0.483. The number of esters is 1. The minimum Gasteiger partial charge on any atom is -0.480 e. The van der Waals surface area contributed by atoms with Crippen molar-refractivity contribution < 1.29 is 19.4 Å². The van der Waals surface area contributed by atoms with E-state index in [0.29, 0.717) is 12.8 Å². The lowest BCUT2D eigenvalue weighted by Gasteiger charge is -2.21. The largest absolute Gasteiger partial charge is 0.480 e. The smallest absolute Gasteiger partial charge is 0.324 e. The van der Waals surface area contributed by atoms with Crippen LogP contribution in [0.4, 0.5) is 0 Å². The molecule has 0 amide bonds. The maximum absolute atomic E-state index is 11.9. The zero-order valence-electron chi connectivity index (χ0n) is 13.7. The number of unbranched alkanes of at least 4 members (excludes halogenated alkanes) is 4. The first-order valence-corrected chi connectivity index (χ1v) is 8.26. The molecule has 3 N–H and O–H groups in total. The van der Waals surface area contributed by atoms with Crippen LogP contribution in [0.1, 0.15) is 51.0 Å².